The van der Waals surface area contributed by atoms with Crippen LogP contribution in [0, 0.1) is 17.0 Å². The zero-order valence-corrected chi connectivity index (χ0v) is 13.3. The Morgan fingerprint density at radius 1 is 1.43 bits per heavy atom. The van der Waals surface area contributed by atoms with Gasteiger partial charge >= 0.3 is 0 Å². The van der Waals surface area contributed by atoms with Crippen LogP contribution in [0.1, 0.15) is 23.1 Å². The third-order valence-electron chi connectivity index (χ3n) is 3.32. The predicted molar refractivity (Wildman–Crippen MR) is 86.9 cm³/mol. The molecule has 0 saturated carbocycles. The highest BCUT2D eigenvalue weighted by atomic mass is 32.1. The number of benzene rings is 1. The average molecular weight is 331 g/mol. The van der Waals surface area contributed by atoms with Crippen molar-refractivity contribution in [3.63, 3.8) is 0 Å². The lowest BCUT2D eigenvalue weighted by atomic mass is 10.3. The van der Waals surface area contributed by atoms with Crippen LogP contribution in [0.3, 0.4) is 0 Å². The van der Waals surface area contributed by atoms with Gasteiger partial charge in [-0.3, -0.25) is 24.9 Å². The molecule has 1 N–H and O–H groups in total. The van der Waals surface area contributed by atoms with Gasteiger partial charge in [0.25, 0.3) is 11.6 Å². The van der Waals surface area contributed by atoms with E-state index in [2.05, 4.69) is 15.4 Å². The number of carbonyl (C=O) groups excluding carboxylic acids is 1. The molecule has 3 aromatic rings. The van der Waals surface area contributed by atoms with E-state index < -0.39 is 4.92 Å². The molecule has 1 aromatic carbocycles. The standard InChI is InChI=1S/C14H13N5O3S/c1-3-18-8(2)6-11(17-18)13(20)16-14-15-10-5-4-9(19(21)22)7-12(10)23-14/h4-7H,3H2,1-2H3,(H,15,16,20). The molecule has 0 aliphatic rings. The van der Waals surface area contributed by atoms with Gasteiger partial charge in [0.2, 0.25) is 0 Å². The molecule has 0 fully saturated rings. The Labute approximate surface area is 134 Å². The van der Waals surface area contributed by atoms with Crippen LogP contribution in [0.25, 0.3) is 10.2 Å². The molecule has 9 heteroatoms. The number of hydrogen-bond donors (Lipinski definition) is 1. The van der Waals surface area contributed by atoms with Gasteiger partial charge in [0.05, 0.1) is 15.1 Å². The normalized spacial score (nSPS) is 10.9. The van der Waals surface area contributed by atoms with E-state index in [9.17, 15) is 14.9 Å². The van der Waals surface area contributed by atoms with E-state index in [0.29, 0.717) is 27.6 Å². The van der Waals surface area contributed by atoms with Crippen LogP contribution in [-0.2, 0) is 6.54 Å². The van der Waals surface area contributed by atoms with Crippen molar-refractivity contribution >= 4 is 38.3 Å². The zero-order chi connectivity index (χ0) is 16.6. The molecular formula is C14H13N5O3S. The highest BCUT2D eigenvalue weighted by Gasteiger charge is 2.15. The van der Waals surface area contributed by atoms with E-state index in [0.717, 1.165) is 5.69 Å². The van der Waals surface area contributed by atoms with Crippen molar-refractivity contribution in [1.82, 2.24) is 14.8 Å². The van der Waals surface area contributed by atoms with Crippen LogP contribution < -0.4 is 5.32 Å². The molecular weight excluding hydrogens is 318 g/mol. The summed E-state index contributed by atoms with van der Waals surface area (Å²) in [4.78, 5) is 26.8. The number of carbonyl (C=O) groups is 1. The topological polar surface area (TPSA) is 103 Å². The summed E-state index contributed by atoms with van der Waals surface area (Å²) in [5.74, 6) is -0.353. The number of nitro benzene ring substituents is 1. The van der Waals surface area contributed by atoms with Gasteiger partial charge in [0.1, 0.15) is 0 Å². The van der Waals surface area contributed by atoms with Crippen molar-refractivity contribution in [3.8, 4) is 0 Å². The van der Waals surface area contributed by atoms with Crippen molar-refractivity contribution < 1.29 is 9.72 Å². The van der Waals surface area contributed by atoms with E-state index in [1.165, 1.54) is 23.5 Å². The Balaban J connectivity index is 1.85. The number of nitrogens with one attached hydrogen (secondary N) is 1. The molecule has 2 heterocycles. The van der Waals surface area contributed by atoms with Gasteiger partial charge in [-0.15, -0.1) is 0 Å². The highest BCUT2D eigenvalue weighted by Crippen LogP contribution is 2.29. The lowest BCUT2D eigenvalue weighted by Gasteiger charge is -1.98. The fraction of sp³-hybridized carbons (Fsp3) is 0.214. The molecule has 0 atom stereocenters. The van der Waals surface area contributed by atoms with Crippen LogP contribution in [0.5, 0.6) is 0 Å². The van der Waals surface area contributed by atoms with Crippen molar-refractivity contribution in [2.45, 2.75) is 20.4 Å². The molecule has 0 bridgehead atoms. The summed E-state index contributed by atoms with van der Waals surface area (Å²) in [6.07, 6.45) is 0. The van der Waals surface area contributed by atoms with Gasteiger partial charge in [-0.2, -0.15) is 5.10 Å². The summed E-state index contributed by atoms with van der Waals surface area (Å²) in [6, 6.07) is 6.10. The summed E-state index contributed by atoms with van der Waals surface area (Å²) in [7, 11) is 0. The first-order chi connectivity index (χ1) is 11.0. The number of rotatable bonds is 4. The number of nitro groups is 1. The Kier molecular flexibility index (Phi) is 3.78. The Morgan fingerprint density at radius 2 is 2.22 bits per heavy atom. The molecule has 0 radical (unpaired) electrons. The number of aromatic nitrogens is 3. The first kappa shape index (κ1) is 15.1. The van der Waals surface area contributed by atoms with Crippen molar-refractivity contribution in [2.75, 3.05) is 5.32 Å². The lowest BCUT2D eigenvalue weighted by molar-refractivity contribution is -0.384. The maximum atomic E-state index is 12.2. The SMILES string of the molecule is CCn1nc(C(=O)Nc2nc3ccc([N+](=O)[O-])cc3s2)cc1C. The number of non-ortho nitro benzene ring substituents is 1. The summed E-state index contributed by atoms with van der Waals surface area (Å²) < 4.78 is 2.38. The number of aryl methyl sites for hydroxylation is 2. The Hall–Kier alpha value is -2.81. The molecule has 8 nitrogen and oxygen atoms in total. The molecule has 0 saturated heterocycles. The van der Waals surface area contributed by atoms with Gasteiger partial charge in [-0.1, -0.05) is 11.3 Å². The number of fused-ring (bicyclic) bond motifs is 1. The van der Waals surface area contributed by atoms with E-state index in [4.69, 9.17) is 0 Å². The molecule has 118 valence electrons. The summed E-state index contributed by atoms with van der Waals surface area (Å²) in [5.41, 5.74) is 1.81. The second-order valence-electron chi connectivity index (χ2n) is 4.87. The van der Waals surface area contributed by atoms with Gasteiger partial charge in [0, 0.05) is 24.4 Å². The van der Waals surface area contributed by atoms with Gasteiger partial charge in [-0.05, 0) is 26.0 Å². The van der Waals surface area contributed by atoms with Crippen LogP contribution >= 0.6 is 11.3 Å². The maximum Gasteiger partial charge on any atom is 0.277 e. The molecule has 0 aliphatic heterocycles. The lowest BCUT2D eigenvalue weighted by Crippen LogP contribution is -2.13. The molecule has 2 aromatic heterocycles. The van der Waals surface area contributed by atoms with Crippen molar-refractivity contribution in [2.24, 2.45) is 0 Å². The molecule has 23 heavy (non-hydrogen) atoms. The quantitative estimate of drug-likeness (QED) is 0.585. The first-order valence-electron chi connectivity index (χ1n) is 6.88. The molecule has 3 rings (SSSR count). The highest BCUT2D eigenvalue weighted by molar-refractivity contribution is 7.22. The fourth-order valence-corrected chi connectivity index (χ4v) is 3.08. The predicted octanol–water partition coefficient (Wildman–Crippen LogP) is 2.98. The van der Waals surface area contributed by atoms with E-state index >= 15 is 0 Å². The monoisotopic (exact) mass is 331 g/mol. The molecule has 1 amide bonds. The van der Waals surface area contributed by atoms with Crippen molar-refractivity contribution in [3.05, 3.63) is 45.8 Å². The van der Waals surface area contributed by atoms with Gasteiger partial charge in [-0.25, -0.2) is 4.98 Å². The van der Waals surface area contributed by atoms with Crippen LogP contribution in [0.4, 0.5) is 10.8 Å². The fourth-order valence-electron chi connectivity index (χ4n) is 2.18. The number of thiazole rings is 1. The summed E-state index contributed by atoms with van der Waals surface area (Å²) in [6.45, 7) is 4.51. The first-order valence-corrected chi connectivity index (χ1v) is 7.70. The largest absolute Gasteiger partial charge is 0.296 e. The van der Waals surface area contributed by atoms with Gasteiger partial charge in [0.15, 0.2) is 10.8 Å². The smallest absolute Gasteiger partial charge is 0.277 e. The molecule has 0 spiro atoms. The second kappa shape index (κ2) is 5.76. The molecule has 0 aliphatic carbocycles. The second-order valence-corrected chi connectivity index (χ2v) is 5.90. The number of anilines is 1. The average Bonchev–Trinajstić information content (AvgIpc) is 3.08. The number of hydrogen-bond acceptors (Lipinski definition) is 6. The maximum absolute atomic E-state index is 12.2. The van der Waals surface area contributed by atoms with Crippen molar-refractivity contribution in [1.29, 1.82) is 0 Å². The van der Waals surface area contributed by atoms with E-state index in [-0.39, 0.29) is 11.6 Å². The zero-order valence-electron chi connectivity index (χ0n) is 12.4. The summed E-state index contributed by atoms with van der Waals surface area (Å²) >= 11 is 1.19. The third kappa shape index (κ3) is 2.90. The Bertz CT molecular complexity index is 914. The number of nitrogens with zero attached hydrogens (tertiary/aromatic N) is 4. The van der Waals surface area contributed by atoms with E-state index in [1.54, 1.807) is 16.8 Å². The number of amides is 1. The van der Waals surface area contributed by atoms with Crippen LogP contribution in [-0.4, -0.2) is 25.6 Å². The minimum absolute atomic E-state index is 0.00339. The summed E-state index contributed by atoms with van der Waals surface area (Å²) in [5, 5.41) is 18.1. The third-order valence-corrected chi connectivity index (χ3v) is 4.25. The van der Waals surface area contributed by atoms with E-state index in [1.807, 2.05) is 13.8 Å². The molecule has 0 unspecified atom stereocenters. The van der Waals surface area contributed by atoms with Crippen LogP contribution in [0.15, 0.2) is 24.3 Å². The van der Waals surface area contributed by atoms with Crippen LogP contribution in [0.2, 0.25) is 0 Å². The minimum Gasteiger partial charge on any atom is -0.296 e. The Morgan fingerprint density at radius 3 is 2.87 bits per heavy atom. The minimum atomic E-state index is -0.461. The van der Waals surface area contributed by atoms with Gasteiger partial charge < -0.3 is 0 Å².